The van der Waals surface area contributed by atoms with Gasteiger partial charge in [0.15, 0.2) is 0 Å². The summed E-state index contributed by atoms with van der Waals surface area (Å²) < 4.78 is 40.0. The summed E-state index contributed by atoms with van der Waals surface area (Å²) in [6, 6.07) is 1.72. The second-order valence-electron chi connectivity index (χ2n) is 8.26. The molecule has 0 radical (unpaired) electrons. The number of rotatable bonds is 2. The lowest BCUT2D eigenvalue weighted by molar-refractivity contribution is -0.169. The van der Waals surface area contributed by atoms with Crippen LogP contribution in [0.25, 0.3) is 0 Å². The first-order chi connectivity index (χ1) is 12.1. The third-order valence-corrected chi connectivity index (χ3v) is 5.95. The molecule has 4 nitrogen and oxygen atoms in total. The summed E-state index contributed by atoms with van der Waals surface area (Å²) in [7, 11) is 0. The third-order valence-electron chi connectivity index (χ3n) is 5.95. The molecule has 1 saturated heterocycles. The van der Waals surface area contributed by atoms with E-state index in [2.05, 4.69) is 23.6 Å². The highest BCUT2D eigenvalue weighted by atomic mass is 19.4. The zero-order valence-electron chi connectivity index (χ0n) is 15.2. The SMILES string of the molecule is CC1(C)CN([C@@H]2CC=C(C#N)[C@H](C(F)(F)F)C2)CN1[C@@H]1C=C[C@H](O)CC1. The molecule has 0 amide bonds. The van der Waals surface area contributed by atoms with Gasteiger partial charge in [-0.25, -0.2) is 0 Å². The molecular weight excluding hydrogens is 343 g/mol. The average molecular weight is 369 g/mol. The Bertz CT molecular complexity index is 635. The monoisotopic (exact) mass is 369 g/mol. The lowest BCUT2D eigenvalue weighted by Gasteiger charge is -2.37. The van der Waals surface area contributed by atoms with E-state index in [1.165, 1.54) is 6.08 Å². The number of hydrogen-bond donors (Lipinski definition) is 1. The smallest absolute Gasteiger partial charge is 0.389 e. The first-order valence-electron chi connectivity index (χ1n) is 9.16. The van der Waals surface area contributed by atoms with Crippen LogP contribution >= 0.6 is 0 Å². The van der Waals surface area contributed by atoms with Crippen molar-refractivity contribution in [2.45, 2.75) is 69.4 Å². The van der Waals surface area contributed by atoms with Crippen molar-refractivity contribution < 1.29 is 18.3 Å². The fourth-order valence-corrected chi connectivity index (χ4v) is 4.51. The van der Waals surface area contributed by atoms with Gasteiger partial charge < -0.3 is 5.11 Å². The van der Waals surface area contributed by atoms with E-state index >= 15 is 0 Å². The van der Waals surface area contributed by atoms with E-state index in [0.717, 1.165) is 6.42 Å². The minimum absolute atomic E-state index is 0.0496. The maximum absolute atomic E-state index is 13.3. The summed E-state index contributed by atoms with van der Waals surface area (Å²) >= 11 is 0. The first kappa shape index (κ1) is 19.4. The van der Waals surface area contributed by atoms with Gasteiger partial charge in [0.25, 0.3) is 0 Å². The topological polar surface area (TPSA) is 50.5 Å². The number of allylic oxidation sites excluding steroid dienone is 1. The standard InChI is InChI=1S/C19H26F3N3O/c1-18(2)11-24(12-25(18)14-5-7-16(26)8-6-14)15-4-3-13(10-23)17(9-15)19(20,21)22/h3,5,7,14-17,26H,4,6,8-9,11-12H2,1-2H3/t14-,15-,16+,17-/m1/s1. The van der Waals surface area contributed by atoms with Crippen molar-refractivity contribution in [1.29, 1.82) is 5.26 Å². The maximum Gasteiger partial charge on any atom is 0.396 e. The van der Waals surface area contributed by atoms with Gasteiger partial charge in [-0.2, -0.15) is 18.4 Å². The zero-order valence-corrected chi connectivity index (χ0v) is 15.2. The maximum atomic E-state index is 13.3. The Morgan fingerprint density at radius 1 is 1.27 bits per heavy atom. The number of hydrogen-bond acceptors (Lipinski definition) is 4. The van der Waals surface area contributed by atoms with Gasteiger partial charge in [0.1, 0.15) is 0 Å². The van der Waals surface area contributed by atoms with Gasteiger partial charge in [-0.05, 0) is 39.5 Å². The van der Waals surface area contributed by atoms with Gasteiger partial charge in [-0.3, -0.25) is 9.80 Å². The molecule has 4 atom stereocenters. The van der Waals surface area contributed by atoms with Crippen molar-refractivity contribution in [3.63, 3.8) is 0 Å². The molecule has 0 aromatic rings. The van der Waals surface area contributed by atoms with Crippen molar-refractivity contribution in [3.8, 4) is 6.07 Å². The number of nitriles is 1. The van der Waals surface area contributed by atoms with Crippen LogP contribution < -0.4 is 0 Å². The van der Waals surface area contributed by atoms with Crippen LogP contribution in [0.2, 0.25) is 0 Å². The Labute approximate surface area is 152 Å². The van der Waals surface area contributed by atoms with Crippen LogP contribution in [-0.2, 0) is 0 Å². The van der Waals surface area contributed by atoms with Gasteiger partial charge in [0.05, 0.1) is 24.8 Å². The molecule has 7 heteroatoms. The van der Waals surface area contributed by atoms with E-state index in [1.807, 2.05) is 12.2 Å². The minimum atomic E-state index is -4.38. The Morgan fingerprint density at radius 2 is 2.00 bits per heavy atom. The third kappa shape index (κ3) is 3.83. The molecule has 0 spiro atoms. The number of halogens is 3. The molecule has 3 rings (SSSR count). The van der Waals surface area contributed by atoms with Crippen molar-refractivity contribution in [2.24, 2.45) is 5.92 Å². The summed E-state index contributed by atoms with van der Waals surface area (Å²) in [6.07, 6.45) is 2.53. The van der Waals surface area contributed by atoms with E-state index in [9.17, 15) is 18.3 Å². The largest absolute Gasteiger partial charge is 0.396 e. The number of alkyl halides is 3. The molecule has 0 bridgehead atoms. The molecule has 2 aliphatic carbocycles. The molecule has 0 unspecified atom stereocenters. The fourth-order valence-electron chi connectivity index (χ4n) is 4.51. The van der Waals surface area contributed by atoms with E-state index in [1.54, 1.807) is 6.07 Å². The van der Waals surface area contributed by atoms with Gasteiger partial charge >= 0.3 is 6.18 Å². The Balaban J connectivity index is 1.74. The van der Waals surface area contributed by atoms with Gasteiger partial charge in [-0.15, -0.1) is 0 Å². The molecular formula is C19H26F3N3O. The van der Waals surface area contributed by atoms with Crippen LogP contribution in [0, 0.1) is 17.2 Å². The Hall–Kier alpha value is -1.36. The van der Waals surface area contributed by atoms with Crippen LogP contribution in [0.5, 0.6) is 0 Å². The summed E-state index contributed by atoms with van der Waals surface area (Å²) in [4.78, 5) is 4.45. The number of nitrogens with zero attached hydrogens (tertiary/aromatic N) is 3. The van der Waals surface area contributed by atoms with Crippen LogP contribution in [0.15, 0.2) is 23.8 Å². The molecule has 0 aromatic carbocycles. The van der Waals surface area contributed by atoms with E-state index in [-0.39, 0.29) is 29.6 Å². The van der Waals surface area contributed by atoms with E-state index in [0.29, 0.717) is 26.1 Å². The van der Waals surface area contributed by atoms with Gasteiger partial charge in [-0.1, -0.05) is 18.2 Å². The first-order valence-corrected chi connectivity index (χ1v) is 9.16. The molecule has 1 N–H and O–H groups in total. The lowest BCUT2D eigenvalue weighted by atomic mass is 9.84. The molecule has 1 heterocycles. The number of aliphatic hydroxyl groups is 1. The molecule has 1 aliphatic heterocycles. The Kier molecular flexibility index (Phi) is 5.22. The summed E-state index contributed by atoms with van der Waals surface area (Å²) in [6.45, 7) is 5.55. The molecule has 3 aliphatic rings. The summed E-state index contributed by atoms with van der Waals surface area (Å²) in [5.41, 5.74) is -0.294. The van der Waals surface area contributed by atoms with Crippen LogP contribution in [0.3, 0.4) is 0 Å². The zero-order chi connectivity index (χ0) is 19.1. The Morgan fingerprint density at radius 3 is 2.58 bits per heavy atom. The molecule has 1 fully saturated rings. The van der Waals surface area contributed by atoms with Gasteiger partial charge in [0, 0.05) is 29.7 Å². The van der Waals surface area contributed by atoms with E-state index in [4.69, 9.17) is 5.26 Å². The summed E-state index contributed by atoms with van der Waals surface area (Å²) in [5, 5.41) is 18.7. The minimum Gasteiger partial charge on any atom is -0.389 e. The lowest BCUT2D eigenvalue weighted by Crippen LogP contribution is -2.47. The van der Waals surface area contributed by atoms with Crippen molar-refractivity contribution in [1.82, 2.24) is 9.80 Å². The van der Waals surface area contributed by atoms with Crippen LogP contribution in [0.4, 0.5) is 13.2 Å². The second-order valence-corrected chi connectivity index (χ2v) is 8.26. The number of aliphatic hydroxyl groups excluding tert-OH is 1. The fraction of sp³-hybridized carbons (Fsp3) is 0.737. The molecule has 144 valence electrons. The highest BCUT2D eigenvalue weighted by Crippen LogP contribution is 2.41. The average Bonchev–Trinajstić information content (AvgIpc) is 2.89. The quantitative estimate of drug-likeness (QED) is 0.760. The van der Waals surface area contributed by atoms with E-state index < -0.39 is 18.2 Å². The van der Waals surface area contributed by atoms with Crippen molar-refractivity contribution >= 4 is 0 Å². The highest BCUT2D eigenvalue weighted by Gasteiger charge is 2.48. The van der Waals surface area contributed by atoms with Crippen LogP contribution in [0.1, 0.15) is 39.5 Å². The molecule has 0 saturated carbocycles. The highest BCUT2D eigenvalue weighted by molar-refractivity contribution is 5.28. The van der Waals surface area contributed by atoms with Crippen molar-refractivity contribution in [2.75, 3.05) is 13.2 Å². The second kappa shape index (κ2) is 6.99. The van der Waals surface area contributed by atoms with Gasteiger partial charge in [0.2, 0.25) is 0 Å². The normalized spacial score (nSPS) is 36.0. The summed E-state index contributed by atoms with van der Waals surface area (Å²) in [5.74, 6) is -1.66. The predicted molar refractivity (Wildman–Crippen MR) is 91.9 cm³/mol. The predicted octanol–water partition coefficient (Wildman–Crippen LogP) is 3.21. The van der Waals surface area contributed by atoms with Crippen LogP contribution in [-0.4, -0.2) is 58.0 Å². The van der Waals surface area contributed by atoms with Crippen molar-refractivity contribution in [3.05, 3.63) is 23.8 Å². The molecule has 26 heavy (non-hydrogen) atoms. The molecule has 0 aromatic heterocycles.